The number of fused-ring (bicyclic) bond motifs is 1. The Morgan fingerprint density at radius 2 is 1.93 bits per heavy atom. The Kier molecular flexibility index (Phi) is 4.10. The molecule has 0 amide bonds. The summed E-state index contributed by atoms with van der Waals surface area (Å²) in [6.45, 7) is 9.87. The molecule has 0 radical (unpaired) electrons. The Morgan fingerprint density at radius 3 is 2.52 bits per heavy atom. The van der Waals surface area contributed by atoms with Gasteiger partial charge in [0.05, 0.1) is 6.10 Å². The summed E-state index contributed by atoms with van der Waals surface area (Å²) in [5.41, 5.74) is 1.10. The molecule has 10 heteroatoms. The minimum Gasteiger partial charge on any atom is -0.391 e. The van der Waals surface area contributed by atoms with Gasteiger partial charge in [0.25, 0.3) is 0 Å². The van der Waals surface area contributed by atoms with Crippen LogP contribution in [0.25, 0.3) is 11.2 Å². The SMILES string of the molecule is Cc1nnc(Cn2nnc3c(N4CCC(O)C4)nc(C(C)(C)C)nc32)n1C. The van der Waals surface area contributed by atoms with Crippen LogP contribution in [0.1, 0.15) is 44.7 Å². The van der Waals surface area contributed by atoms with Crippen molar-refractivity contribution in [2.24, 2.45) is 7.05 Å². The van der Waals surface area contributed by atoms with Crippen LogP contribution in [0.15, 0.2) is 0 Å². The standard InChI is InChI=1S/C17H25N9O/c1-10-20-21-12(24(10)5)9-26-15-13(22-23-26)14(25-7-6-11(27)8-25)18-16(19-15)17(2,3)4/h11,27H,6-9H2,1-5H3. The van der Waals surface area contributed by atoms with E-state index in [0.29, 0.717) is 24.3 Å². The van der Waals surface area contributed by atoms with Gasteiger partial charge in [-0.3, -0.25) is 0 Å². The third-order valence-electron chi connectivity index (χ3n) is 4.95. The molecule has 1 atom stereocenters. The maximum Gasteiger partial charge on any atom is 0.184 e. The zero-order chi connectivity index (χ0) is 19.3. The maximum absolute atomic E-state index is 9.95. The second-order valence-electron chi connectivity index (χ2n) is 8.15. The molecule has 0 saturated carbocycles. The molecule has 0 aromatic carbocycles. The molecule has 4 heterocycles. The molecule has 1 saturated heterocycles. The normalized spacial score (nSPS) is 18.0. The minimum absolute atomic E-state index is 0.224. The number of aryl methyl sites for hydroxylation is 1. The molecule has 144 valence electrons. The zero-order valence-electron chi connectivity index (χ0n) is 16.4. The molecule has 0 aliphatic carbocycles. The molecule has 27 heavy (non-hydrogen) atoms. The first-order valence-corrected chi connectivity index (χ1v) is 9.13. The van der Waals surface area contributed by atoms with Crippen LogP contribution in [0.3, 0.4) is 0 Å². The summed E-state index contributed by atoms with van der Waals surface area (Å²) in [6, 6.07) is 0. The van der Waals surface area contributed by atoms with Crippen LogP contribution in [-0.2, 0) is 19.0 Å². The number of anilines is 1. The zero-order valence-corrected chi connectivity index (χ0v) is 16.4. The van der Waals surface area contributed by atoms with Gasteiger partial charge in [-0.05, 0) is 13.3 Å². The lowest BCUT2D eigenvalue weighted by Crippen LogP contribution is -2.25. The van der Waals surface area contributed by atoms with Gasteiger partial charge in [-0.1, -0.05) is 26.0 Å². The number of rotatable bonds is 3. The summed E-state index contributed by atoms with van der Waals surface area (Å²) < 4.78 is 3.67. The van der Waals surface area contributed by atoms with Gasteiger partial charge in [0.2, 0.25) is 0 Å². The highest BCUT2D eigenvalue weighted by molar-refractivity contribution is 5.83. The summed E-state index contributed by atoms with van der Waals surface area (Å²) in [5.74, 6) is 3.09. The molecule has 0 spiro atoms. The molecule has 1 N–H and O–H groups in total. The Labute approximate surface area is 157 Å². The number of aromatic nitrogens is 8. The van der Waals surface area contributed by atoms with Gasteiger partial charge in [0.15, 0.2) is 22.8 Å². The molecule has 1 unspecified atom stereocenters. The first-order valence-electron chi connectivity index (χ1n) is 9.13. The van der Waals surface area contributed by atoms with E-state index in [4.69, 9.17) is 9.97 Å². The monoisotopic (exact) mass is 371 g/mol. The fraction of sp³-hybridized carbons (Fsp3) is 0.647. The van der Waals surface area contributed by atoms with Crippen LogP contribution < -0.4 is 4.90 Å². The average Bonchev–Trinajstić information content (AvgIpc) is 3.29. The van der Waals surface area contributed by atoms with E-state index < -0.39 is 0 Å². The second kappa shape index (κ2) is 6.22. The Balaban J connectivity index is 1.83. The van der Waals surface area contributed by atoms with Gasteiger partial charge < -0.3 is 14.6 Å². The first-order chi connectivity index (χ1) is 12.7. The average molecular weight is 371 g/mol. The number of β-amino-alcohol motifs (C(OH)–C–C–N with tert-alkyl or cyclic N) is 1. The first kappa shape index (κ1) is 17.8. The van der Waals surface area contributed by atoms with Crippen molar-refractivity contribution < 1.29 is 5.11 Å². The number of aliphatic hydroxyl groups is 1. The molecule has 1 aliphatic rings. The summed E-state index contributed by atoms with van der Waals surface area (Å²) in [4.78, 5) is 11.6. The third kappa shape index (κ3) is 3.14. The van der Waals surface area contributed by atoms with Gasteiger partial charge in [-0.25, -0.2) is 14.6 Å². The maximum atomic E-state index is 9.95. The molecule has 4 rings (SSSR count). The number of hydrogen-bond donors (Lipinski definition) is 1. The molecule has 0 bridgehead atoms. The number of hydrogen-bond acceptors (Lipinski definition) is 8. The molecular formula is C17H25N9O. The van der Waals surface area contributed by atoms with Gasteiger partial charge in [0.1, 0.15) is 18.2 Å². The molecule has 1 aliphatic heterocycles. The molecular weight excluding hydrogens is 346 g/mol. The van der Waals surface area contributed by atoms with E-state index in [2.05, 4.69) is 46.2 Å². The van der Waals surface area contributed by atoms with E-state index in [1.807, 2.05) is 18.5 Å². The van der Waals surface area contributed by atoms with E-state index in [0.717, 1.165) is 36.3 Å². The van der Waals surface area contributed by atoms with Crippen LogP contribution >= 0.6 is 0 Å². The fourth-order valence-electron chi connectivity index (χ4n) is 3.16. The summed E-state index contributed by atoms with van der Waals surface area (Å²) in [6.07, 6.45) is 0.382. The topological polar surface area (TPSA) is 111 Å². The van der Waals surface area contributed by atoms with Gasteiger partial charge in [0, 0.05) is 25.6 Å². The predicted octanol–water partition coefficient (Wildman–Crippen LogP) is 0.575. The largest absolute Gasteiger partial charge is 0.391 e. The highest BCUT2D eigenvalue weighted by Gasteiger charge is 2.29. The van der Waals surface area contributed by atoms with Crippen molar-refractivity contribution in [3.05, 3.63) is 17.5 Å². The Hall–Kier alpha value is -2.62. The number of nitrogens with zero attached hydrogens (tertiary/aromatic N) is 9. The van der Waals surface area contributed by atoms with Crippen molar-refractivity contribution in [2.75, 3.05) is 18.0 Å². The molecule has 3 aromatic rings. The van der Waals surface area contributed by atoms with Gasteiger partial charge in [-0.15, -0.1) is 15.3 Å². The third-order valence-corrected chi connectivity index (χ3v) is 4.95. The van der Waals surface area contributed by atoms with E-state index in [9.17, 15) is 5.11 Å². The molecule has 1 fully saturated rings. The summed E-state index contributed by atoms with van der Waals surface area (Å²) in [5, 5.41) is 26.9. The predicted molar refractivity (Wildman–Crippen MR) is 99.5 cm³/mol. The van der Waals surface area contributed by atoms with Crippen molar-refractivity contribution in [1.82, 2.24) is 39.7 Å². The van der Waals surface area contributed by atoms with Gasteiger partial charge in [-0.2, -0.15) is 0 Å². The van der Waals surface area contributed by atoms with Crippen molar-refractivity contribution >= 4 is 17.0 Å². The van der Waals surface area contributed by atoms with Crippen LogP contribution in [0, 0.1) is 6.92 Å². The highest BCUT2D eigenvalue weighted by atomic mass is 16.3. The smallest absolute Gasteiger partial charge is 0.184 e. The fourth-order valence-corrected chi connectivity index (χ4v) is 3.16. The van der Waals surface area contributed by atoms with Crippen LogP contribution in [0.4, 0.5) is 5.82 Å². The van der Waals surface area contributed by atoms with Crippen molar-refractivity contribution in [2.45, 2.75) is 52.2 Å². The van der Waals surface area contributed by atoms with E-state index >= 15 is 0 Å². The lowest BCUT2D eigenvalue weighted by Gasteiger charge is -2.21. The van der Waals surface area contributed by atoms with Gasteiger partial charge >= 0.3 is 0 Å². The van der Waals surface area contributed by atoms with E-state index in [-0.39, 0.29) is 11.5 Å². The van der Waals surface area contributed by atoms with Crippen LogP contribution in [0.5, 0.6) is 0 Å². The molecule has 10 nitrogen and oxygen atoms in total. The quantitative estimate of drug-likeness (QED) is 0.712. The van der Waals surface area contributed by atoms with Crippen LogP contribution in [0.2, 0.25) is 0 Å². The van der Waals surface area contributed by atoms with Crippen molar-refractivity contribution in [3.63, 3.8) is 0 Å². The van der Waals surface area contributed by atoms with Crippen molar-refractivity contribution in [1.29, 1.82) is 0 Å². The van der Waals surface area contributed by atoms with E-state index in [1.54, 1.807) is 4.68 Å². The second-order valence-corrected chi connectivity index (χ2v) is 8.15. The van der Waals surface area contributed by atoms with Crippen LogP contribution in [-0.4, -0.2) is 64.0 Å². The Morgan fingerprint density at radius 1 is 1.15 bits per heavy atom. The Bertz CT molecular complexity index is 984. The highest BCUT2D eigenvalue weighted by Crippen LogP contribution is 2.29. The summed E-state index contributed by atoms with van der Waals surface area (Å²) >= 11 is 0. The minimum atomic E-state index is -0.343. The van der Waals surface area contributed by atoms with E-state index in [1.165, 1.54) is 0 Å². The summed E-state index contributed by atoms with van der Waals surface area (Å²) in [7, 11) is 1.93. The lowest BCUT2D eigenvalue weighted by molar-refractivity contribution is 0.198. The molecule has 3 aromatic heterocycles. The van der Waals surface area contributed by atoms with Crippen molar-refractivity contribution in [3.8, 4) is 0 Å². The lowest BCUT2D eigenvalue weighted by atomic mass is 9.96. The number of aliphatic hydroxyl groups excluding tert-OH is 1.